The van der Waals surface area contributed by atoms with Crippen molar-refractivity contribution in [1.29, 1.82) is 0 Å². The quantitative estimate of drug-likeness (QED) is 0.750. The zero-order chi connectivity index (χ0) is 8.97. The van der Waals surface area contributed by atoms with Crippen LogP contribution in [0.5, 0.6) is 0 Å². The predicted molar refractivity (Wildman–Crippen MR) is 59.6 cm³/mol. The molecule has 0 radical (unpaired) electrons. The van der Waals surface area contributed by atoms with Gasteiger partial charge in [0, 0.05) is 0 Å². The smallest absolute Gasteiger partial charge is 0.234 e. The van der Waals surface area contributed by atoms with E-state index in [1.165, 1.54) is 6.42 Å². The van der Waals surface area contributed by atoms with Crippen molar-refractivity contribution in [1.82, 2.24) is 4.90 Å². The summed E-state index contributed by atoms with van der Waals surface area (Å²) in [7, 11) is 0. The maximum absolute atomic E-state index is 11.0. The van der Waals surface area contributed by atoms with Crippen LogP contribution in [0.1, 0.15) is 32.6 Å². The molecule has 1 fully saturated rings. The SMILES string of the molecule is CCCN1CCCCC1C(N)=O.Cl.O. The maximum atomic E-state index is 11.0. The minimum atomic E-state index is -0.150. The van der Waals surface area contributed by atoms with E-state index in [2.05, 4.69) is 11.8 Å². The second kappa shape index (κ2) is 8.03. The van der Waals surface area contributed by atoms with E-state index in [1.54, 1.807) is 0 Å². The lowest BCUT2D eigenvalue weighted by molar-refractivity contribution is -0.124. The van der Waals surface area contributed by atoms with Crippen LogP contribution >= 0.6 is 12.4 Å². The molecular formula is C9H21ClN2O2. The molecule has 1 aliphatic rings. The number of carbonyl (C=O) groups is 1. The summed E-state index contributed by atoms with van der Waals surface area (Å²) in [6, 6.07) is 0.0127. The lowest BCUT2D eigenvalue weighted by Crippen LogP contribution is -2.47. The van der Waals surface area contributed by atoms with Crippen LogP contribution in [0.2, 0.25) is 0 Å². The van der Waals surface area contributed by atoms with E-state index in [1.807, 2.05) is 0 Å². The number of carbonyl (C=O) groups excluding carboxylic acids is 1. The first-order chi connectivity index (χ1) is 5.75. The van der Waals surface area contributed by atoms with Gasteiger partial charge in [-0.1, -0.05) is 13.3 Å². The molecule has 4 nitrogen and oxygen atoms in total. The first-order valence-corrected chi connectivity index (χ1v) is 4.79. The van der Waals surface area contributed by atoms with Crippen LogP contribution in [0.3, 0.4) is 0 Å². The van der Waals surface area contributed by atoms with E-state index < -0.39 is 0 Å². The van der Waals surface area contributed by atoms with Crippen molar-refractivity contribution in [2.75, 3.05) is 13.1 Å². The molecule has 0 spiro atoms. The summed E-state index contributed by atoms with van der Waals surface area (Å²) in [6.07, 6.45) is 4.41. The second-order valence-corrected chi connectivity index (χ2v) is 3.45. The van der Waals surface area contributed by atoms with Gasteiger partial charge in [0.05, 0.1) is 6.04 Å². The van der Waals surface area contributed by atoms with Crippen molar-refractivity contribution in [3.8, 4) is 0 Å². The third-order valence-electron chi connectivity index (χ3n) is 2.45. The first kappa shape index (κ1) is 16.1. The second-order valence-electron chi connectivity index (χ2n) is 3.45. The highest BCUT2D eigenvalue weighted by Gasteiger charge is 2.25. The van der Waals surface area contributed by atoms with Crippen LogP contribution < -0.4 is 5.73 Å². The number of halogens is 1. The molecule has 0 bridgehead atoms. The number of piperidine rings is 1. The lowest BCUT2D eigenvalue weighted by Gasteiger charge is -2.33. The summed E-state index contributed by atoms with van der Waals surface area (Å²) < 4.78 is 0. The minimum absolute atomic E-state index is 0. The van der Waals surface area contributed by atoms with E-state index in [0.717, 1.165) is 32.4 Å². The molecule has 1 unspecified atom stereocenters. The number of nitrogens with zero attached hydrogens (tertiary/aromatic N) is 1. The molecular weight excluding hydrogens is 204 g/mol. The van der Waals surface area contributed by atoms with Crippen molar-refractivity contribution in [3.05, 3.63) is 0 Å². The molecule has 1 saturated heterocycles. The average Bonchev–Trinajstić information content (AvgIpc) is 2.05. The van der Waals surface area contributed by atoms with Gasteiger partial charge in [-0.3, -0.25) is 9.69 Å². The van der Waals surface area contributed by atoms with Crippen molar-refractivity contribution in [2.24, 2.45) is 5.73 Å². The zero-order valence-electron chi connectivity index (χ0n) is 8.66. The zero-order valence-corrected chi connectivity index (χ0v) is 9.48. The molecule has 1 rings (SSSR count). The van der Waals surface area contributed by atoms with Gasteiger partial charge in [0.25, 0.3) is 0 Å². The molecule has 86 valence electrons. The van der Waals surface area contributed by atoms with Crippen LogP contribution in [0, 0.1) is 0 Å². The Kier molecular flexibility index (Phi) is 9.24. The Balaban J connectivity index is 0. The number of rotatable bonds is 3. The third kappa shape index (κ3) is 4.26. The van der Waals surface area contributed by atoms with Gasteiger partial charge in [-0.2, -0.15) is 0 Å². The Morgan fingerprint density at radius 3 is 2.64 bits per heavy atom. The number of amides is 1. The summed E-state index contributed by atoms with van der Waals surface area (Å²) in [5.41, 5.74) is 5.31. The molecule has 0 saturated carbocycles. The molecule has 1 aliphatic heterocycles. The molecule has 0 aromatic rings. The molecule has 5 heteroatoms. The van der Waals surface area contributed by atoms with Crippen LogP contribution in [0.15, 0.2) is 0 Å². The topological polar surface area (TPSA) is 77.8 Å². The summed E-state index contributed by atoms with van der Waals surface area (Å²) in [4.78, 5) is 13.2. The van der Waals surface area contributed by atoms with E-state index >= 15 is 0 Å². The van der Waals surface area contributed by atoms with Gasteiger partial charge < -0.3 is 11.2 Å². The Morgan fingerprint density at radius 1 is 1.50 bits per heavy atom. The largest absolute Gasteiger partial charge is 0.412 e. The third-order valence-corrected chi connectivity index (χ3v) is 2.45. The molecule has 0 aromatic carbocycles. The van der Waals surface area contributed by atoms with E-state index in [4.69, 9.17) is 5.73 Å². The Morgan fingerprint density at radius 2 is 2.14 bits per heavy atom. The summed E-state index contributed by atoms with van der Waals surface area (Å²) in [5, 5.41) is 0. The van der Waals surface area contributed by atoms with Gasteiger partial charge in [0.15, 0.2) is 0 Å². The van der Waals surface area contributed by atoms with Gasteiger partial charge >= 0.3 is 0 Å². The Bertz CT molecular complexity index is 165. The standard InChI is InChI=1S/C9H18N2O.ClH.H2O/c1-2-6-11-7-4-3-5-8(11)9(10)12;;/h8H,2-7H2,1H3,(H2,10,12);1H;1H2. The number of primary amides is 1. The van der Waals surface area contributed by atoms with E-state index in [9.17, 15) is 4.79 Å². The van der Waals surface area contributed by atoms with E-state index in [-0.39, 0.29) is 29.8 Å². The Labute approximate surface area is 91.5 Å². The lowest BCUT2D eigenvalue weighted by atomic mass is 10.0. The molecule has 14 heavy (non-hydrogen) atoms. The van der Waals surface area contributed by atoms with Gasteiger partial charge in [0.2, 0.25) is 5.91 Å². The fourth-order valence-electron chi connectivity index (χ4n) is 1.87. The first-order valence-electron chi connectivity index (χ1n) is 4.79. The highest BCUT2D eigenvalue weighted by molar-refractivity contribution is 5.85. The molecule has 0 aromatic heterocycles. The van der Waals surface area contributed by atoms with Gasteiger partial charge in [-0.25, -0.2) is 0 Å². The monoisotopic (exact) mass is 224 g/mol. The number of hydrogen-bond acceptors (Lipinski definition) is 2. The molecule has 4 N–H and O–H groups in total. The highest BCUT2D eigenvalue weighted by Crippen LogP contribution is 2.16. The van der Waals surface area contributed by atoms with Crippen molar-refractivity contribution >= 4 is 18.3 Å². The van der Waals surface area contributed by atoms with Crippen molar-refractivity contribution < 1.29 is 10.3 Å². The van der Waals surface area contributed by atoms with E-state index in [0.29, 0.717) is 0 Å². The summed E-state index contributed by atoms with van der Waals surface area (Å²) >= 11 is 0. The van der Waals surface area contributed by atoms with Crippen LogP contribution in [-0.2, 0) is 4.79 Å². The number of hydrogen-bond donors (Lipinski definition) is 1. The van der Waals surface area contributed by atoms with Gasteiger partial charge in [0.1, 0.15) is 0 Å². The van der Waals surface area contributed by atoms with Crippen molar-refractivity contribution in [2.45, 2.75) is 38.6 Å². The fraction of sp³-hybridized carbons (Fsp3) is 0.889. The molecule has 1 heterocycles. The Hall–Kier alpha value is -0.320. The van der Waals surface area contributed by atoms with Crippen LogP contribution in [0.25, 0.3) is 0 Å². The minimum Gasteiger partial charge on any atom is -0.412 e. The molecule has 1 atom stereocenters. The van der Waals surface area contributed by atoms with Crippen LogP contribution in [-0.4, -0.2) is 35.4 Å². The number of nitrogens with two attached hydrogens (primary N) is 1. The van der Waals surface area contributed by atoms with Crippen LogP contribution in [0.4, 0.5) is 0 Å². The molecule has 1 amide bonds. The van der Waals surface area contributed by atoms with Gasteiger partial charge in [-0.15, -0.1) is 12.4 Å². The average molecular weight is 225 g/mol. The normalized spacial score (nSPS) is 21.9. The summed E-state index contributed by atoms with van der Waals surface area (Å²) in [5.74, 6) is -0.150. The van der Waals surface area contributed by atoms with Crippen molar-refractivity contribution in [3.63, 3.8) is 0 Å². The van der Waals surface area contributed by atoms with Gasteiger partial charge in [-0.05, 0) is 32.4 Å². The predicted octanol–water partition coefficient (Wildman–Crippen LogP) is 0.333. The number of likely N-dealkylation sites (tertiary alicyclic amines) is 1. The fourth-order valence-corrected chi connectivity index (χ4v) is 1.87. The molecule has 0 aliphatic carbocycles. The maximum Gasteiger partial charge on any atom is 0.234 e. The highest BCUT2D eigenvalue weighted by atomic mass is 35.5. The summed E-state index contributed by atoms with van der Waals surface area (Å²) in [6.45, 7) is 4.18.